The van der Waals surface area contributed by atoms with E-state index in [1.165, 1.54) is 33.3 Å². The van der Waals surface area contributed by atoms with Crippen molar-refractivity contribution in [3.63, 3.8) is 0 Å². The molecule has 1 aromatic heterocycles. The number of fused-ring (bicyclic) bond motifs is 1. The van der Waals surface area contributed by atoms with Gasteiger partial charge in [-0.25, -0.2) is 0 Å². The second kappa shape index (κ2) is 5.53. The van der Waals surface area contributed by atoms with Crippen LogP contribution in [0.15, 0.2) is 42.5 Å². The molecule has 21 heavy (non-hydrogen) atoms. The summed E-state index contributed by atoms with van der Waals surface area (Å²) in [5, 5.41) is 1.31. The summed E-state index contributed by atoms with van der Waals surface area (Å²) in [4.78, 5) is 5.96. The number of nitrogens with zero attached hydrogens (tertiary/aromatic N) is 1. The van der Waals surface area contributed by atoms with Gasteiger partial charge in [-0.15, -0.1) is 0 Å². The summed E-state index contributed by atoms with van der Waals surface area (Å²) in [6.45, 7) is 11.0. The van der Waals surface area contributed by atoms with Crippen molar-refractivity contribution in [2.75, 3.05) is 20.1 Å². The standard InChI is InChI=1S/C19H24N2/c1-5-15-12-21(4)11-10-16(15)13(2)19-14(3)17-8-6-7-9-18(17)20-19/h5-9,16,20H,2,10-12H2,1,3-4H3. The number of allylic oxidation sites excluding steroid dienone is 2. The van der Waals surface area contributed by atoms with Crippen molar-refractivity contribution in [1.82, 2.24) is 9.88 Å². The summed E-state index contributed by atoms with van der Waals surface area (Å²) >= 11 is 0. The predicted octanol–water partition coefficient (Wildman–Crippen LogP) is 4.39. The Kier molecular flexibility index (Phi) is 3.73. The first-order chi connectivity index (χ1) is 10.1. The van der Waals surface area contributed by atoms with Crippen LogP contribution < -0.4 is 0 Å². The van der Waals surface area contributed by atoms with Gasteiger partial charge in [0.2, 0.25) is 0 Å². The second-order valence-corrected chi connectivity index (χ2v) is 6.14. The lowest BCUT2D eigenvalue weighted by Gasteiger charge is -2.33. The Morgan fingerprint density at radius 1 is 1.38 bits per heavy atom. The highest BCUT2D eigenvalue weighted by Crippen LogP contribution is 2.36. The minimum absolute atomic E-state index is 0.470. The summed E-state index contributed by atoms with van der Waals surface area (Å²) in [6.07, 6.45) is 3.42. The summed E-state index contributed by atoms with van der Waals surface area (Å²) in [5.41, 5.74) is 6.49. The number of H-pyrrole nitrogens is 1. The van der Waals surface area contributed by atoms with Gasteiger partial charge in [0.05, 0.1) is 0 Å². The van der Waals surface area contributed by atoms with E-state index in [0.29, 0.717) is 5.92 Å². The fraction of sp³-hybridized carbons (Fsp3) is 0.368. The van der Waals surface area contributed by atoms with Crippen LogP contribution in [0.5, 0.6) is 0 Å². The van der Waals surface area contributed by atoms with Crippen molar-refractivity contribution in [3.05, 3.63) is 53.8 Å². The largest absolute Gasteiger partial charge is 0.355 e. The normalized spacial score (nSPS) is 22.0. The van der Waals surface area contributed by atoms with Gasteiger partial charge in [0, 0.05) is 29.1 Å². The van der Waals surface area contributed by atoms with Crippen LogP contribution in [-0.4, -0.2) is 30.0 Å². The highest BCUT2D eigenvalue weighted by atomic mass is 15.1. The summed E-state index contributed by atoms with van der Waals surface area (Å²) < 4.78 is 0. The number of aryl methyl sites for hydroxylation is 1. The van der Waals surface area contributed by atoms with Gasteiger partial charge in [-0.2, -0.15) is 0 Å². The number of hydrogen-bond acceptors (Lipinski definition) is 1. The SMILES string of the molecule is C=C(c1[nH]c2ccccc2c1C)C1CCN(C)CC1=CC. The molecule has 1 unspecified atom stereocenters. The molecule has 1 aliphatic rings. The van der Waals surface area contributed by atoms with Gasteiger partial charge in [0.1, 0.15) is 0 Å². The van der Waals surface area contributed by atoms with Crippen molar-refractivity contribution in [3.8, 4) is 0 Å². The molecule has 2 heteroatoms. The third-order valence-electron chi connectivity index (χ3n) is 4.78. The Morgan fingerprint density at radius 3 is 2.86 bits per heavy atom. The molecule has 2 heterocycles. The zero-order chi connectivity index (χ0) is 15.0. The Morgan fingerprint density at radius 2 is 2.14 bits per heavy atom. The first kappa shape index (κ1) is 14.2. The number of piperidine rings is 1. The van der Waals surface area contributed by atoms with E-state index in [1.54, 1.807) is 0 Å². The minimum atomic E-state index is 0.470. The van der Waals surface area contributed by atoms with Gasteiger partial charge in [-0.1, -0.05) is 36.4 Å². The molecule has 0 spiro atoms. The molecule has 0 aliphatic carbocycles. The molecule has 1 aliphatic heterocycles. The van der Waals surface area contributed by atoms with Gasteiger partial charge >= 0.3 is 0 Å². The third-order valence-corrected chi connectivity index (χ3v) is 4.78. The first-order valence-electron chi connectivity index (χ1n) is 7.72. The molecule has 1 saturated heterocycles. The van der Waals surface area contributed by atoms with Crippen LogP contribution in [0.1, 0.15) is 24.6 Å². The van der Waals surface area contributed by atoms with Crippen LogP contribution in [0, 0.1) is 12.8 Å². The Labute approximate surface area is 127 Å². The van der Waals surface area contributed by atoms with Crippen molar-refractivity contribution in [1.29, 1.82) is 0 Å². The molecule has 0 bridgehead atoms. The van der Waals surface area contributed by atoms with E-state index in [9.17, 15) is 0 Å². The predicted molar refractivity (Wildman–Crippen MR) is 91.4 cm³/mol. The molecule has 1 atom stereocenters. The van der Waals surface area contributed by atoms with Crippen molar-refractivity contribution in [2.45, 2.75) is 20.3 Å². The van der Waals surface area contributed by atoms with Crippen LogP contribution in [0.25, 0.3) is 16.5 Å². The van der Waals surface area contributed by atoms with Gasteiger partial charge in [-0.3, -0.25) is 0 Å². The molecule has 1 aromatic carbocycles. The molecular formula is C19H24N2. The molecule has 110 valence electrons. The number of benzene rings is 1. The monoisotopic (exact) mass is 280 g/mol. The van der Waals surface area contributed by atoms with Crippen molar-refractivity contribution >= 4 is 16.5 Å². The zero-order valence-electron chi connectivity index (χ0n) is 13.2. The number of aromatic amines is 1. The molecule has 3 rings (SSSR count). The van der Waals surface area contributed by atoms with E-state index in [4.69, 9.17) is 0 Å². The molecule has 2 aromatic rings. The van der Waals surface area contributed by atoms with Crippen LogP contribution >= 0.6 is 0 Å². The quantitative estimate of drug-likeness (QED) is 0.808. The molecule has 0 amide bonds. The lowest BCUT2D eigenvalue weighted by Crippen LogP contribution is -2.32. The maximum atomic E-state index is 4.44. The maximum absolute atomic E-state index is 4.44. The van der Waals surface area contributed by atoms with Crippen LogP contribution in [0.4, 0.5) is 0 Å². The number of hydrogen-bond donors (Lipinski definition) is 1. The number of likely N-dealkylation sites (N-methyl/N-ethyl adjacent to an activating group) is 1. The molecule has 2 nitrogen and oxygen atoms in total. The number of rotatable bonds is 2. The zero-order valence-corrected chi connectivity index (χ0v) is 13.2. The summed E-state index contributed by atoms with van der Waals surface area (Å²) in [5.74, 6) is 0.470. The van der Waals surface area contributed by atoms with E-state index < -0.39 is 0 Å². The van der Waals surface area contributed by atoms with Crippen molar-refractivity contribution < 1.29 is 0 Å². The maximum Gasteiger partial charge on any atom is 0.0461 e. The smallest absolute Gasteiger partial charge is 0.0461 e. The third kappa shape index (κ3) is 2.44. The fourth-order valence-corrected chi connectivity index (χ4v) is 3.50. The molecule has 1 fully saturated rings. The average Bonchev–Trinajstić information content (AvgIpc) is 2.84. The van der Waals surface area contributed by atoms with Crippen LogP contribution in [0.2, 0.25) is 0 Å². The van der Waals surface area contributed by atoms with Gasteiger partial charge in [0.25, 0.3) is 0 Å². The van der Waals surface area contributed by atoms with E-state index in [-0.39, 0.29) is 0 Å². The highest BCUT2D eigenvalue weighted by molar-refractivity contribution is 5.89. The van der Waals surface area contributed by atoms with Crippen molar-refractivity contribution in [2.24, 2.45) is 5.92 Å². The highest BCUT2D eigenvalue weighted by Gasteiger charge is 2.26. The lowest BCUT2D eigenvalue weighted by molar-refractivity contribution is 0.301. The second-order valence-electron chi connectivity index (χ2n) is 6.14. The van der Waals surface area contributed by atoms with E-state index in [1.807, 2.05) is 0 Å². The van der Waals surface area contributed by atoms with Gasteiger partial charge in [-0.05, 0) is 51.1 Å². The molecule has 1 N–H and O–H groups in total. The number of likely N-dealkylation sites (tertiary alicyclic amines) is 1. The number of aromatic nitrogens is 1. The minimum Gasteiger partial charge on any atom is -0.355 e. The fourth-order valence-electron chi connectivity index (χ4n) is 3.50. The van der Waals surface area contributed by atoms with Crippen LogP contribution in [-0.2, 0) is 0 Å². The van der Waals surface area contributed by atoms with Gasteiger partial charge < -0.3 is 9.88 Å². The topological polar surface area (TPSA) is 19.0 Å². The van der Waals surface area contributed by atoms with Gasteiger partial charge in [0.15, 0.2) is 0 Å². The Bertz CT molecular complexity index is 705. The first-order valence-corrected chi connectivity index (χ1v) is 7.72. The Hall–Kier alpha value is -1.80. The van der Waals surface area contributed by atoms with E-state index in [0.717, 1.165) is 19.5 Å². The molecule has 0 saturated carbocycles. The van der Waals surface area contributed by atoms with E-state index in [2.05, 4.69) is 67.7 Å². The number of para-hydroxylation sites is 1. The molecule has 0 radical (unpaired) electrons. The molecular weight excluding hydrogens is 256 g/mol. The van der Waals surface area contributed by atoms with Crippen LogP contribution in [0.3, 0.4) is 0 Å². The van der Waals surface area contributed by atoms with E-state index >= 15 is 0 Å². The number of nitrogens with one attached hydrogen (secondary N) is 1. The average molecular weight is 280 g/mol. The Balaban J connectivity index is 1.98. The lowest BCUT2D eigenvalue weighted by atomic mass is 9.83. The summed E-state index contributed by atoms with van der Waals surface area (Å²) in [7, 11) is 2.19. The summed E-state index contributed by atoms with van der Waals surface area (Å²) in [6, 6.07) is 8.51.